The van der Waals surface area contributed by atoms with E-state index < -0.39 is 0 Å². The van der Waals surface area contributed by atoms with Gasteiger partial charge in [-0.25, -0.2) is 4.98 Å². The monoisotopic (exact) mass is 353 g/mol. The number of carbonyl (C=O) groups excluding carboxylic acids is 1. The number of rotatable bonds is 6. The molecule has 1 N–H and O–H groups in total. The summed E-state index contributed by atoms with van der Waals surface area (Å²) >= 11 is 1.58. The number of ether oxygens (including phenoxy) is 1. The van der Waals surface area contributed by atoms with E-state index in [1.54, 1.807) is 37.2 Å². The van der Waals surface area contributed by atoms with Crippen LogP contribution in [0.3, 0.4) is 0 Å². The van der Waals surface area contributed by atoms with Gasteiger partial charge in [0.1, 0.15) is 0 Å². The largest absolute Gasteiger partial charge is 0.380 e. The third kappa shape index (κ3) is 4.49. The molecule has 0 bridgehead atoms. The number of nitrogens with zero attached hydrogens (tertiary/aromatic N) is 2. The lowest BCUT2D eigenvalue weighted by Crippen LogP contribution is -2.11. The van der Waals surface area contributed by atoms with Gasteiger partial charge >= 0.3 is 0 Å². The predicted octanol–water partition coefficient (Wildman–Crippen LogP) is 3.97. The van der Waals surface area contributed by atoms with Crippen LogP contribution in [0.25, 0.3) is 0 Å². The second kappa shape index (κ2) is 8.00. The van der Waals surface area contributed by atoms with Gasteiger partial charge in [0.05, 0.1) is 6.61 Å². The van der Waals surface area contributed by atoms with Crippen LogP contribution >= 0.6 is 11.8 Å². The first-order chi connectivity index (χ1) is 12.2. The number of aromatic nitrogens is 2. The zero-order chi connectivity index (χ0) is 17.6. The van der Waals surface area contributed by atoms with Gasteiger partial charge in [-0.1, -0.05) is 23.9 Å². The Morgan fingerprint density at radius 3 is 2.48 bits per heavy atom. The van der Waals surface area contributed by atoms with Crippen molar-refractivity contribution >= 4 is 23.4 Å². The smallest absolute Gasteiger partial charge is 0.255 e. The molecule has 0 aliphatic rings. The Hall–Kier alpha value is -2.57. The molecule has 25 heavy (non-hydrogen) atoms. The summed E-state index contributed by atoms with van der Waals surface area (Å²) in [5.74, 6) is -0.131. The van der Waals surface area contributed by atoms with E-state index in [-0.39, 0.29) is 5.91 Å². The van der Waals surface area contributed by atoms with Crippen molar-refractivity contribution in [2.24, 2.45) is 7.05 Å². The van der Waals surface area contributed by atoms with E-state index in [0.29, 0.717) is 12.2 Å². The highest BCUT2D eigenvalue weighted by atomic mass is 32.2. The maximum Gasteiger partial charge on any atom is 0.255 e. The van der Waals surface area contributed by atoms with E-state index in [4.69, 9.17) is 4.74 Å². The Morgan fingerprint density at radius 2 is 1.88 bits per heavy atom. The first-order valence-corrected chi connectivity index (χ1v) is 8.62. The molecule has 0 atom stereocenters. The molecule has 0 aliphatic carbocycles. The lowest BCUT2D eigenvalue weighted by atomic mass is 10.1. The summed E-state index contributed by atoms with van der Waals surface area (Å²) in [6.45, 7) is 0.539. The third-order valence-electron chi connectivity index (χ3n) is 3.63. The number of benzene rings is 2. The minimum atomic E-state index is -0.131. The van der Waals surface area contributed by atoms with E-state index in [0.717, 1.165) is 21.3 Å². The number of anilines is 1. The number of hydrogen-bond acceptors (Lipinski definition) is 4. The van der Waals surface area contributed by atoms with Crippen LogP contribution in [-0.4, -0.2) is 22.6 Å². The predicted molar refractivity (Wildman–Crippen MR) is 98.9 cm³/mol. The summed E-state index contributed by atoms with van der Waals surface area (Å²) in [5, 5.41) is 3.83. The van der Waals surface area contributed by atoms with Crippen molar-refractivity contribution in [1.29, 1.82) is 0 Å². The number of hydrogen-bond donors (Lipinski definition) is 1. The molecule has 0 saturated heterocycles. The molecular weight excluding hydrogens is 334 g/mol. The van der Waals surface area contributed by atoms with Crippen LogP contribution in [0.4, 0.5) is 5.69 Å². The molecule has 0 aliphatic heterocycles. The van der Waals surface area contributed by atoms with Crippen LogP contribution in [0.15, 0.2) is 71.0 Å². The standard InChI is InChI=1S/C19H19N3O2S/c1-22-12-11-20-19(22)25-17-9-7-16(8-10-17)21-18(23)15-5-3-14(4-6-15)13-24-2/h3-12H,13H2,1-2H3,(H,21,23). The highest BCUT2D eigenvalue weighted by Gasteiger charge is 2.07. The number of aryl methyl sites for hydroxylation is 1. The van der Waals surface area contributed by atoms with Crippen molar-refractivity contribution in [3.05, 3.63) is 72.1 Å². The number of nitrogens with one attached hydrogen (secondary N) is 1. The SMILES string of the molecule is COCc1ccc(C(=O)Nc2ccc(Sc3nccn3C)cc2)cc1. The van der Waals surface area contributed by atoms with Crippen LogP contribution in [0.5, 0.6) is 0 Å². The van der Waals surface area contributed by atoms with Crippen molar-refractivity contribution in [3.8, 4) is 0 Å². The lowest BCUT2D eigenvalue weighted by molar-refractivity contribution is 0.102. The molecule has 0 spiro atoms. The molecule has 1 heterocycles. The molecule has 0 radical (unpaired) electrons. The van der Waals surface area contributed by atoms with Crippen molar-refractivity contribution in [3.63, 3.8) is 0 Å². The first-order valence-electron chi connectivity index (χ1n) is 7.80. The minimum Gasteiger partial charge on any atom is -0.380 e. The van der Waals surface area contributed by atoms with Gasteiger partial charge in [-0.15, -0.1) is 0 Å². The van der Waals surface area contributed by atoms with E-state index >= 15 is 0 Å². The average molecular weight is 353 g/mol. The topological polar surface area (TPSA) is 56.1 Å². The molecule has 0 unspecified atom stereocenters. The third-order valence-corrected chi connectivity index (χ3v) is 4.71. The zero-order valence-corrected chi connectivity index (χ0v) is 14.9. The number of imidazole rings is 1. The quantitative estimate of drug-likeness (QED) is 0.728. The first kappa shape index (κ1) is 17.3. The molecule has 2 aromatic carbocycles. The number of amides is 1. The van der Waals surface area contributed by atoms with Crippen LogP contribution in [0, 0.1) is 0 Å². The van der Waals surface area contributed by atoms with Crippen molar-refractivity contribution in [1.82, 2.24) is 9.55 Å². The van der Waals surface area contributed by atoms with Crippen LogP contribution in [0.2, 0.25) is 0 Å². The Bertz CT molecular complexity index is 842. The van der Waals surface area contributed by atoms with Gasteiger partial charge < -0.3 is 14.6 Å². The van der Waals surface area contributed by atoms with Crippen LogP contribution in [-0.2, 0) is 18.4 Å². The summed E-state index contributed by atoms with van der Waals surface area (Å²) in [7, 11) is 3.61. The second-order valence-corrected chi connectivity index (χ2v) is 6.57. The van der Waals surface area contributed by atoms with Crippen molar-refractivity contribution < 1.29 is 9.53 Å². The Morgan fingerprint density at radius 1 is 1.16 bits per heavy atom. The van der Waals surface area contributed by atoms with Gasteiger partial charge in [-0.3, -0.25) is 4.79 Å². The Balaban J connectivity index is 1.62. The summed E-state index contributed by atoms with van der Waals surface area (Å²) in [6.07, 6.45) is 3.68. The van der Waals surface area contributed by atoms with E-state index in [2.05, 4.69) is 10.3 Å². The lowest BCUT2D eigenvalue weighted by Gasteiger charge is -2.07. The zero-order valence-electron chi connectivity index (χ0n) is 14.1. The maximum atomic E-state index is 12.3. The fourth-order valence-electron chi connectivity index (χ4n) is 2.28. The second-order valence-electron chi connectivity index (χ2n) is 5.53. The highest BCUT2D eigenvalue weighted by Crippen LogP contribution is 2.26. The molecule has 128 valence electrons. The molecular formula is C19H19N3O2S. The maximum absolute atomic E-state index is 12.3. The van der Waals surface area contributed by atoms with Gasteiger partial charge in [-0.2, -0.15) is 0 Å². The molecule has 0 fully saturated rings. The molecule has 5 nitrogen and oxygen atoms in total. The number of carbonyl (C=O) groups is 1. The van der Waals surface area contributed by atoms with E-state index in [9.17, 15) is 4.79 Å². The van der Waals surface area contributed by atoms with Crippen LogP contribution in [0.1, 0.15) is 15.9 Å². The summed E-state index contributed by atoms with van der Waals surface area (Å²) < 4.78 is 7.04. The molecule has 3 rings (SSSR count). The molecule has 1 amide bonds. The van der Waals surface area contributed by atoms with Gasteiger partial charge in [0, 0.05) is 42.7 Å². The number of methoxy groups -OCH3 is 1. The average Bonchev–Trinajstić information content (AvgIpc) is 3.02. The van der Waals surface area contributed by atoms with Gasteiger partial charge in [0.25, 0.3) is 5.91 Å². The summed E-state index contributed by atoms with van der Waals surface area (Å²) in [6, 6.07) is 15.1. The minimum absolute atomic E-state index is 0.131. The summed E-state index contributed by atoms with van der Waals surface area (Å²) in [4.78, 5) is 17.7. The Kier molecular flexibility index (Phi) is 5.53. The van der Waals surface area contributed by atoms with Crippen molar-refractivity contribution in [2.75, 3.05) is 12.4 Å². The fourth-order valence-corrected chi connectivity index (χ4v) is 3.09. The van der Waals surface area contributed by atoms with Crippen molar-refractivity contribution in [2.45, 2.75) is 16.7 Å². The Labute approximate surface area is 151 Å². The molecule has 3 aromatic rings. The highest BCUT2D eigenvalue weighted by molar-refractivity contribution is 7.99. The van der Waals surface area contributed by atoms with E-state index in [1.165, 1.54) is 0 Å². The molecule has 1 aromatic heterocycles. The van der Waals surface area contributed by atoms with Crippen LogP contribution < -0.4 is 5.32 Å². The van der Waals surface area contributed by atoms with E-state index in [1.807, 2.05) is 54.2 Å². The molecule has 6 heteroatoms. The fraction of sp³-hybridized carbons (Fsp3) is 0.158. The normalized spacial score (nSPS) is 10.6. The van der Waals surface area contributed by atoms with Gasteiger partial charge in [0.2, 0.25) is 0 Å². The van der Waals surface area contributed by atoms with Gasteiger partial charge in [0.15, 0.2) is 5.16 Å². The molecule has 0 saturated carbocycles. The van der Waals surface area contributed by atoms with Gasteiger partial charge in [-0.05, 0) is 42.0 Å². The summed E-state index contributed by atoms with van der Waals surface area (Å²) in [5.41, 5.74) is 2.41.